The lowest BCUT2D eigenvalue weighted by Crippen LogP contribution is -2.34. The van der Waals surface area contributed by atoms with E-state index in [2.05, 4.69) is 9.39 Å². The van der Waals surface area contributed by atoms with Crippen LogP contribution in [0.5, 0.6) is 0 Å². The molecular weight excluding hydrogens is 214 g/mol. The molecule has 1 heterocycles. The summed E-state index contributed by atoms with van der Waals surface area (Å²) in [6, 6.07) is 0. The Morgan fingerprint density at radius 1 is 1.46 bits per heavy atom. The molecule has 0 aromatic rings. The van der Waals surface area contributed by atoms with Crippen LogP contribution in [0.3, 0.4) is 0 Å². The van der Waals surface area contributed by atoms with Gasteiger partial charge in [-0.15, -0.1) is 4.40 Å². The van der Waals surface area contributed by atoms with Gasteiger partial charge in [0.05, 0.1) is 0 Å². The number of nitrogens with zero attached hydrogens (tertiary/aromatic N) is 3. The number of halogens is 1. The van der Waals surface area contributed by atoms with Crippen LogP contribution in [0, 0.1) is 5.92 Å². The van der Waals surface area contributed by atoms with Crippen LogP contribution in [-0.4, -0.2) is 30.9 Å². The quantitative estimate of drug-likeness (QED) is 0.618. The molecule has 13 heavy (non-hydrogen) atoms. The highest BCUT2D eigenvalue weighted by molar-refractivity contribution is 7.88. The van der Waals surface area contributed by atoms with E-state index in [-0.39, 0.29) is 17.0 Å². The van der Waals surface area contributed by atoms with Gasteiger partial charge in [-0.3, -0.25) is 0 Å². The van der Waals surface area contributed by atoms with E-state index in [1.807, 2.05) is 0 Å². The second-order valence-electron chi connectivity index (χ2n) is 2.93. The van der Waals surface area contributed by atoms with Crippen molar-refractivity contribution >= 4 is 32.9 Å². The van der Waals surface area contributed by atoms with Crippen molar-refractivity contribution in [1.82, 2.24) is 4.31 Å². The molecule has 0 bridgehead atoms. The lowest BCUT2D eigenvalue weighted by Gasteiger charge is -2.19. The first-order valence-electron chi connectivity index (χ1n) is 3.67. The van der Waals surface area contributed by atoms with Crippen molar-refractivity contribution in [2.24, 2.45) is 15.3 Å². The Labute approximate surface area is 82.3 Å². The Kier molecular flexibility index (Phi) is 2.63. The van der Waals surface area contributed by atoms with Gasteiger partial charge in [0.1, 0.15) is 5.84 Å². The molecule has 7 heteroatoms. The minimum absolute atomic E-state index is 0.0581. The molecule has 0 fully saturated rings. The Hall–Kier alpha value is -0.620. The van der Waals surface area contributed by atoms with E-state index in [0.717, 1.165) is 4.31 Å². The zero-order chi connectivity index (χ0) is 10.2. The highest BCUT2D eigenvalue weighted by Crippen LogP contribution is 2.14. The molecule has 0 radical (unpaired) electrons. The van der Waals surface area contributed by atoms with Crippen LogP contribution < -0.4 is 0 Å². The normalized spacial score (nSPS) is 21.5. The van der Waals surface area contributed by atoms with Gasteiger partial charge in [0.2, 0.25) is 5.29 Å². The topological polar surface area (TPSA) is 62.1 Å². The number of hydrogen-bond donors (Lipinski definition) is 0. The molecule has 1 aliphatic heterocycles. The van der Waals surface area contributed by atoms with Crippen LogP contribution in [-0.2, 0) is 10.2 Å². The molecule has 0 aromatic heterocycles. The molecule has 0 atom stereocenters. The molecule has 5 nitrogen and oxygen atoms in total. The van der Waals surface area contributed by atoms with Gasteiger partial charge in [0.25, 0.3) is 0 Å². The van der Waals surface area contributed by atoms with E-state index in [0.29, 0.717) is 0 Å². The van der Waals surface area contributed by atoms with Crippen LogP contribution >= 0.6 is 11.6 Å². The van der Waals surface area contributed by atoms with Crippen molar-refractivity contribution in [3.05, 3.63) is 0 Å². The Morgan fingerprint density at radius 2 is 2.00 bits per heavy atom. The number of hydrogen-bond acceptors (Lipinski definition) is 3. The van der Waals surface area contributed by atoms with Crippen LogP contribution in [0.15, 0.2) is 9.39 Å². The van der Waals surface area contributed by atoms with Gasteiger partial charge < -0.3 is 0 Å². The largest absolute Gasteiger partial charge is 0.348 e. The van der Waals surface area contributed by atoms with Gasteiger partial charge in [0, 0.05) is 13.0 Å². The smallest absolute Gasteiger partial charge is 0.228 e. The van der Waals surface area contributed by atoms with Gasteiger partial charge in [-0.25, -0.2) is 9.30 Å². The molecule has 1 aliphatic rings. The number of aliphatic imine (C=N–C) groups is 1. The van der Waals surface area contributed by atoms with Crippen molar-refractivity contribution in [2.45, 2.75) is 13.8 Å². The lowest BCUT2D eigenvalue weighted by molar-refractivity contribution is 0.554. The van der Waals surface area contributed by atoms with Crippen molar-refractivity contribution < 1.29 is 8.42 Å². The van der Waals surface area contributed by atoms with Crippen molar-refractivity contribution in [2.75, 3.05) is 7.05 Å². The average molecular weight is 224 g/mol. The van der Waals surface area contributed by atoms with Crippen LogP contribution in [0.2, 0.25) is 0 Å². The molecule has 1 rings (SSSR count). The lowest BCUT2D eigenvalue weighted by atomic mass is 10.2. The van der Waals surface area contributed by atoms with E-state index >= 15 is 0 Å². The maximum absolute atomic E-state index is 11.3. The highest BCUT2D eigenvalue weighted by Gasteiger charge is 2.26. The minimum Gasteiger partial charge on any atom is -0.228 e. The third-order valence-electron chi connectivity index (χ3n) is 1.54. The molecule has 74 valence electrons. The second kappa shape index (κ2) is 3.26. The van der Waals surface area contributed by atoms with Crippen molar-refractivity contribution in [1.29, 1.82) is 0 Å². The second-order valence-corrected chi connectivity index (χ2v) is 4.89. The highest BCUT2D eigenvalue weighted by atomic mass is 35.5. The molecule has 0 amide bonds. The summed E-state index contributed by atoms with van der Waals surface area (Å²) in [6.45, 7) is 3.60. The number of rotatable bonds is 1. The van der Waals surface area contributed by atoms with Crippen LogP contribution in [0.1, 0.15) is 13.8 Å². The zero-order valence-corrected chi connectivity index (χ0v) is 9.09. The summed E-state index contributed by atoms with van der Waals surface area (Å²) in [5.41, 5.74) is 0. The SMILES string of the molecule is CC(C)C1=NS(=O)(=O)N(C)C(Cl)=N1. The molecular formula is C6H10ClN3O2S. The molecule has 0 N–H and O–H groups in total. The fraction of sp³-hybridized carbons (Fsp3) is 0.667. The Balaban J connectivity index is 3.19. The predicted octanol–water partition coefficient (Wildman–Crippen LogP) is 0.826. The Bertz CT molecular complexity index is 371. The summed E-state index contributed by atoms with van der Waals surface area (Å²) < 4.78 is 26.9. The summed E-state index contributed by atoms with van der Waals surface area (Å²) in [5, 5.41) is -0.0706. The molecule has 0 saturated carbocycles. The van der Waals surface area contributed by atoms with Gasteiger partial charge >= 0.3 is 10.2 Å². The van der Waals surface area contributed by atoms with E-state index in [4.69, 9.17) is 11.6 Å². The predicted molar refractivity (Wildman–Crippen MR) is 52.2 cm³/mol. The zero-order valence-electron chi connectivity index (χ0n) is 7.52. The van der Waals surface area contributed by atoms with E-state index < -0.39 is 10.2 Å². The molecule has 0 spiro atoms. The minimum atomic E-state index is -3.65. The van der Waals surface area contributed by atoms with Gasteiger partial charge in [-0.05, 0) is 11.6 Å². The first-order valence-corrected chi connectivity index (χ1v) is 5.45. The number of amidine groups is 2. The van der Waals surface area contributed by atoms with E-state index in [9.17, 15) is 8.42 Å². The monoisotopic (exact) mass is 223 g/mol. The first kappa shape index (κ1) is 10.5. The maximum Gasteiger partial charge on any atom is 0.348 e. The summed E-state index contributed by atoms with van der Waals surface area (Å²) in [6.07, 6.45) is 0. The summed E-state index contributed by atoms with van der Waals surface area (Å²) in [7, 11) is -2.34. The molecule has 0 unspecified atom stereocenters. The fourth-order valence-corrected chi connectivity index (χ4v) is 1.88. The van der Waals surface area contributed by atoms with Gasteiger partial charge in [-0.1, -0.05) is 13.8 Å². The van der Waals surface area contributed by atoms with Gasteiger partial charge in [0.15, 0.2) is 0 Å². The van der Waals surface area contributed by atoms with E-state index in [1.54, 1.807) is 13.8 Å². The van der Waals surface area contributed by atoms with Crippen LogP contribution in [0.4, 0.5) is 0 Å². The average Bonchev–Trinajstić information content (AvgIpc) is 1.99. The third kappa shape index (κ3) is 2.00. The van der Waals surface area contributed by atoms with Crippen molar-refractivity contribution in [3.63, 3.8) is 0 Å². The fourth-order valence-electron chi connectivity index (χ4n) is 0.694. The van der Waals surface area contributed by atoms with Crippen molar-refractivity contribution in [3.8, 4) is 0 Å². The standard InChI is InChI=1S/C6H10ClN3O2S/c1-4(2)5-8-6(7)10(3)13(11,12)9-5/h4H,1-3H3. The summed E-state index contributed by atoms with van der Waals surface area (Å²) in [5.74, 6) is 0.181. The summed E-state index contributed by atoms with van der Waals surface area (Å²) in [4.78, 5) is 3.84. The third-order valence-corrected chi connectivity index (χ3v) is 3.26. The molecule has 0 aromatic carbocycles. The molecule has 0 aliphatic carbocycles. The Morgan fingerprint density at radius 3 is 2.38 bits per heavy atom. The summed E-state index contributed by atoms with van der Waals surface area (Å²) >= 11 is 5.61. The maximum atomic E-state index is 11.3. The van der Waals surface area contributed by atoms with E-state index in [1.165, 1.54) is 7.05 Å². The van der Waals surface area contributed by atoms with Crippen LogP contribution in [0.25, 0.3) is 0 Å². The molecule has 0 saturated heterocycles. The van der Waals surface area contributed by atoms with Gasteiger partial charge in [-0.2, -0.15) is 8.42 Å². The first-order chi connectivity index (χ1) is 5.84.